The van der Waals surface area contributed by atoms with Crippen LogP contribution in [0.5, 0.6) is 0 Å². The van der Waals surface area contributed by atoms with Crippen LogP contribution >= 0.6 is 0 Å². The average Bonchev–Trinajstić information content (AvgIpc) is 3.33. The van der Waals surface area contributed by atoms with Crippen molar-refractivity contribution in [2.45, 2.75) is 13.5 Å². The van der Waals surface area contributed by atoms with E-state index in [1.807, 2.05) is 31.2 Å². The van der Waals surface area contributed by atoms with Crippen molar-refractivity contribution in [3.63, 3.8) is 0 Å². The molecule has 2 heterocycles. The molecule has 4 rings (SSSR count). The molecular weight excluding hydrogens is 359 g/mol. The maximum atomic E-state index is 13.0. The van der Waals surface area contributed by atoms with Crippen molar-refractivity contribution >= 4 is 11.6 Å². The summed E-state index contributed by atoms with van der Waals surface area (Å²) in [4.78, 5) is 16.8. The second kappa shape index (κ2) is 7.48. The van der Waals surface area contributed by atoms with Crippen molar-refractivity contribution < 1.29 is 13.7 Å². The van der Waals surface area contributed by atoms with Crippen LogP contribution in [0.4, 0.5) is 10.1 Å². The third kappa shape index (κ3) is 3.83. The minimum absolute atomic E-state index is 0.0575. The van der Waals surface area contributed by atoms with Gasteiger partial charge in [0.2, 0.25) is 11.7 Å². The molecular formula is C21H17FN4O2. The van der Waals surface area contributed by atoms with Crippen LogP contribution in [0.3, 0.4) is 0 Å². The molecule has 6 nitrogen and oxygen atoms in total. The van der Waals surface area contributed by atoms with Crippen molar-refractivity contribution in [2.24, 2.45) is 0 Å². The summed E-state index contributed by atoms with van der Waals surface area (Å²) in [7, 11) is 0. The summed E-state index contributed by atoms with van der Waals surface area (Å²) in [5.41, 5.74) is 3.17. The monoisotopic (exact) mass is 376 g/mol. The summed E-state index contributed by atoms with van der Waals surface area (Å²) in [5.74, 6) is 0.211. The lowest BCUT2D eigenvalue weighted by molar-refractivity contribution is -0.116. The van der Waals surface area contributed by atoms with Crippen molar-refractivity contribution in [2.75, 3.05) is 5.32 Å². The number of nitrogens with one attached hydrogen (secondary N) is 1. The van der Waals surface area contributed by atoms with Crippen LogP contribution < -0.4 is 5.32 Å². The Morgan fingerprint density at radius 1 is 1.11 bits per heavy atom. The van der Waals surface area contributed by atoms with Gasteiger partial charge in [-0.2, -0.15) is 4.98 Å². The molecule has 0 bridgehead atoms. The number of aromatic nitrogens is 3. The second-order valence-corrected chi connectivity index (χ2v) is 6.37. The van der Waals surface area contributed by atoms with Gasteiger partial charge in [0, 0.05) is 17.4 Å². The van der Waals surface area contributed by atoms with Crippen molar-refractivity contribution in [3.8, 4) is 23.0 Å². The smallest absolute Gasteiger partial charge is 0.274 e. The fourth-order valence-electron chi connectivity index (χ4n) is 2.78. The van der Waals surface area contributed by atoms with E-state index in [1.54, 1.807) is 22.9 Å². The van der Waals surface area contributed by atoms with E-state index >= 15 is 0 Å². The molecule has 2 aromatic carbocycles. The SMILES string of the molecule is Cc1ccc(-c2noc(-c3cccn3CC(=O)Nc3ccc(F)cc3)n2)cc1. The number of rotatable bonds is 5. The summed E-state index contributed by atoms with van der Waals surface area (Å²) < 4.78 is 20.1. The van der Waals surface area contributed by atoms with Crippen molar-refractivity contribution in [1.29, 1.82) is 0 Å². The van der Waals surface area contributed by atoms with Crippen molar-refractivity contribution in [3.05, 3.63) is 78.2 Å². The number of benzene rings is 2. The molecule has 0 radical (unpaired) electrons. The summed E-state index contributed by atoms with van der Waals surface area (Å²) in [6, 6.07) is 17.0. The molecule has 0 fully saturated rings. The predicted molar refractivity (Wildman–Crippen MR) is 103 cm³/mol. The van der Waals surface area contributed by atoms with Gasteiger partial charge in [0.25, 0.3) is 5.89 Å². The summed E-state index contributed by atoms with van der Waals surface area (Å²) >= 11 is 0. The van der Waals surface area contributed by atoms with E-state index in [4.69, 9.17) is 4.52 Å². The van der Waals surface area contributed by atoms with Gasteiger partial charge in [-0.1, -0.05) is 35.0 Å². The summed E-state index contributed by atoms with van der Waals surface area (Å²) in [6.07, 6.45) is 1.76. The van der Waals surface area contributed by atoms with Gasteiger partial charge in [-0.05, 0) is 43.3 Å². The minimum atomic E-state index is -0.355. The second-order valence-electron chi connectivity index (χ2n) is 6.37. The van der Waals surface area contributed by atoms with Crippen molar-refractivity contribution in [1.82, 2.24) is 14.7 Å². The Kier molecular flexibility index (Phi) is 4.72. The molecule has 0 saturated carbocycles. The maximum Gasteiger partial charge on any atom is 0.274 e. The normalized spacial score (nSPS) is 10.8. The van der Waals surface area contributed by atoms with Gasteiger partial charge in [0.15, 0.2) is 0 Å². The van der Waals surface area contributed by atoms with E-state index in [-0.39, 0.29) is 18.3 Å². The fourth-order valence-corrected chi connectivity index (χ4v) is 2.78. The van der Waals surface area contributed by atoms with E-state index in [9.17, 15) is 9.18 Å². The zero-order chi connectivity index (χ0) is 19.5. The van der Waals surface area contributed by atoms with Gasteiger partial charge in [0.05, 0.1) is 0 Å². The highest BCUT2D eigenvalue weighted by Crippen LogP contribution is 2.23. The van der Waals surface area contributed by atoms with Crippen LogP contribution in [-0.4, -0.2) is 20.6 Å². The zero-order valence-corrected chi connectivity index (χ0v) is 15.1. The van der Waals surface area contributed by atoms with Crippen LogP contribution in [0.2, 0.25) is 0 Å². The minimum Gasteiger partial charge on any atom is -0.334 e. The quantitative estimate of drug-likeness (QED) is 0.564. The number of carbonyl (C=O) groups excluding carboxylic acids is 1. The largest absolute Gasteiger partial charge is 0.334 e. The molecule has 28 heavy (non-hydrogen) atoms. The van der Waals surface area contributed by atoms with Gasteiger partial charge in [-0.3, -0.25) is 4.79 Å². The number of amides is 1. The lowest BCUT2D eigenvalue weighted by atomic mass is 10.1. The van der Waals surface area contributed by atoms with Gasteiger partial charge >= 0.3 is 0 Å². The molecule has 1 amide bonds. The molecule has 0 aliphatic heterocycles. The van der Waals surface area contributed by atoms with E-state index in [2.05, 4.69) is 15.5 Å². The first kappa shape index (κ1) is 17.7. The number of carbonyl (C=O) groups is 1. The Morgan fingerprint density at radius 2 is 1.86 bits per heavy atom. The molecule has 2 aromatic heterocycles. The molecule has 0 aliphatic carbocycles. The topological polar surface area (TPSA) is 73.0 Å². The number of anilines is 1. The standard InChI is InChI=1S/C21H17FN4O2/c1-14-4-6-15(7-5-14)20-24-21(28-25-20)18-3-2-12-26(18)13-19(27)23-17-10-8-16(22)9-11-17/h2-12H,13H2,1H3,(H,23,27). The molecule has 0 unspecified atom stereocenters. The van der Waals surface area contributed by atoms with E-state index < -0.39 is 0 Å². The number of nitrogens with zero attached hydrogens (tertiary/aromatic N) is 3. The lowest BCUT2D eigenvalue weighted by Gasteiger charge is -2.08. The number of aryl methyl sites for hydroxylation is 1. The number of hydrogen-bond acceptors (Lipinski definition) is 4. The molecule has 1 N–H and O–H groups in total. The fraction of sp³-hybridized carbons (Fsp3) is 0.0952. The highest BCUT2D eigenvalue weighted by molar-refractivity contribution is 5.90. The van der Waals surface area contributed by atoms with Crippen LogP contribution in [0, 0.1) is 12.7 Å². The van der Waals surface area contributed by atoms with Gasteiger partial charge in [-0.25, -0.2) is 4.39 Å². The predicted octanol–water partition coefficient (Wildman–Crippen LogP) is 4.29. The Bertz CT molecular complexity index is 1100. The molecule has 0 saturated heterocycles. The number of hydrogen-bond donors (Lipinski definition) is 1. The molecule has 0 aliphatic rings. The Hall–Kier alpha value is -3.74. The van der Waals surface area contributed by atoms with Crippen LogP contribution in [-0.2, 0) is 11.3 Å². The maximum absolute atomic E-state index is 13.0. The average molecular weight is 376 g/mol. The van der Waals surface area contributed by atoms with Crippen LogP contribution in [0.15, 0.2) is 71.4 Å². The van der Waals surface area contributed by atoms with Crippen LogP contribution in [0.1, 0.15) is 5.56 Å². The molecule has 0 spiro atoms. The van der Waals surface area contributed by atoms with E-state index in [0.717, 1.165) is 11.1 Å². The summed E-state index contributed by atoms with van der Waals surface area (Å²) in [5, 5.41) is 6.76. The summed E-state index contributed by atoms with van der Waals surface area (Å²) in [6.45, 7) is 2.07. The first-order valence-corrected chi connectivity index (χ1v) is 8.70. The Balaban J connectivity index is 1.50. The van der Waals surface area contributed by atoms with E-state index in [0.29, 0.717) is 23.1 Å². The molecule has 140 valence electrons. The highest BCUT2D eigenvalue weighted by atomic mass is 19.1. The number of halogens is 1. The molecule has 7 heteroatoms. The third-order valence-electron chi connectivity index (χ3n) is 4.23. The van der Waals surface area contributed by atoms with E-state index in [1.165, 1.54) is 24.3 Å². The first-order chi connectivity index (χ1) is 13.6. The van der Waals surface area contributed by atoms with Gasteiger partial charge < -0.3 is 14.4 Å². The zero-order valence-electron chi connectivity index (χ0n) is 15.1. The third-order valence-corrected chi connectivity index (χ3v) is 4.23. The van der Waals surface area contributed by atoms with Gasteiger partial charge in [0.1, 0.15) is 18.1 Å². The Morgan fingerprint density at radius 3 is 2.61 bits per heavy atom. The highest BCUT2D eigenvalue weighted by Gasteiger charge is 2.15. The molecule has 4 aromatic rings. The van der Waals surface area contributed by atoms with Crippen LogP contribution in [0.25, 0.3) is 23.0 Å². The Labute approximate surface area is 160 Å². The van der Waals surface area contributed by atoms with Gasteiger partial charge in [-0.15, -0.1) is 0 Å². The lowest BCUT2D eigenvalue weighted by Crippen LogP contribution is -2.18. The first-order valence-electron chi connectivity index (χ1n) is 8.70. The molecule has 0 atom stereocenters.